The highest BCUT2D eigenvalue weighted by atomic mass is 16.7. The minimum absolute atomic E-state index is 0.0142. The van der Waals surface area contributed by atoms with Crippen LogP contribution in [0.1, 0.15) is 77.4 Å². The summed E-state index contributed by atoms with van der Waals surface area (Å²) in [5.74, 6) is -4.78. The number of ketones is 2. The van der Waals surface area contributed by atoms with E-state index >= 15 is 0 Å². The summed E-state index contributed by atoms with van der Waals surface area (Å²) >= 11 is 0. The fourth-order valence-electron chi connectivity index (χ4n) is 8.23. The third-order valence-corrected chi connectivity index (χ3v) is 11.0. The summed E-state index contributed by atoms with van der Waals surface area (Å²) in [6.07, 6.45) is 3.12. The van der Waals surface area contributed by atoms with E-state index in [1.165, 1.54) is 6.20 Å². The molecule has 1 aromatic heterocycles. The Kier molecular flexibility index (Phi) is 11.5. The number of rotatable bonds is 14. The van der Waals surface area contributed by atoms with Crippen molar-refractivity contribution in [1.82, 2.24) is 26.3 Å². The van der Waals surface area contributed by atoms with Crippen LogP contribution in [0.5, 0.6) is 0 Å². The lowest BCUT2D eigenvalue weighted by Gasteiger charge is -2.34. The van der Waals surface area contributed by atoms with Crippen molar-refractivity contribution in [3.8, 4) is 11.3 Å². The van der Waals surface area contributed by atoms with E-state index < -0.39 is 58.7 Å². The minimum atomic E-state index is -1.40. The molecule has 1 saturated carbocycles. The number of Topliss-reactive ketones (excluding diaryl/α,β-unsaturated/α-hetero) is 2. The van der Waals surface area contributed by atoms with Gasteiger partial charge in [0.25, 0.3) is 11.7 Å². The van der Waals surface area contributed by atoms with Crippen LogP contribution in [-0.4, -0.2) is 84.4 Å². The van der Waals surface area contributed by atoms with E-state index in [1.807, 2.05) is 40.7 Å². The smallest absolute Gasteiger partial charge is 0.285 e. The van der Waals surface area contributed by atoms with Crippen LogP contribution in [-0.2, 0) is 33.4 Å². The summed E-state index contributed by atoms with van der Waals surface area (Å²) in [5.41, 5.74) is -0.0702. The Balaban J connectivity index is 1.19. The van der Waals surface area contributed by atoms with Crippen LogP contribution < -0.4 is 21.3 Å². The van der Waals surface area contributed by atoms with Crippen LogP contribution in [0.15, 0.2) is 40.9 Å². The van der Waals surface area contributed by atoms with Gasteiger partial charge in [-0.05, 0) is 49.4 Å². The molecule has 4 N–H and O–H groups in total. The van der Waals surface area contributed by atoms with Gasteiger partial charge in [-0.3, -0.25) is 28.8 Å². The Morgan fingerprint density at radius 2 is 1.66 bits per heavy atom. The average molecular weight is 734 g/mol. The fraction of sp³-hybridized carbons (Fsp3) is 0.615. The molecular weight excluding hydrogens is 682 g/mol. The maximum Gasteiger partial charge on any atom is 0.285 e. The minimum Gasteiger partial charge on any atom is -0.433 e. The number of hydrogen-bond acceptors (Lipinski definition) is 10. The molecule has 3 aliphatic heterocycles. The standard InChI is InChI=1S/C39H51N5O9/c1-20(2)14-27(43-36(50)32(39(3,4)5)44-35(49)29-23-15-24-25(29)19-52-38(24)51-18-23)34(48)42-26(16-22-12-9-13-40-33(22)47)30(45)31(46)37-41-17-28(53-37)21-10-7-6-8-11-21/h6-8,10-11,17,20,22-27,29,32,38H,9,12-16,18-19H2,1-5H3,(H,40,47)(H,42,48)(H,43,50)(H,44,49)/t22?,23?,24?,25-,26?,27+,29?,32-,38-/m1/s1. The number of oxazole rings is 1. The van der Waals surface area contributed by atoms with E-state index in [0.29, 0.717) is 43.9 Å². The quantitative estimate of drug-likeness (QED) is 0.166. The highest BCUT2D eigenvalue weighted by Crippen LogP contribution is 2.51. The summed E-state index contributed by atoms with van der Waals surface area (Å²) in [4.78, 5) is 86.1. The number of fused-ring (bicyclic) bond motifs is 1. The van der Waals surface area contributed by atoms with Gasteiger partial charge in [0, 0.05) is 35.8 Å². The van der Waals surface area contributed by atoms with Crippen LogP contribution in [0, 0.1) is 40.9 Å². The van der Waals surface area contributed by atoms with Crippen LogP contribution in [0.2, 0.25) is 0 Å². The second-order valence-corrected chi connectivity index (χ2v) is 16.4. The molecule has 4 fully saturated rings. The average Bonchev–Trinajstić information content (AvgIpc) is 3.84. The van der Waals surface area contributed by atoms with E-state index in [2.05, 4.69) is 26.3 Å². The number of hydrogen-bond donors (Lipinski definition) is 4. The molecule has 6 rings (SSSR count). The molecule has 53 heavy (non-hydrogen) atoms. The zero-order valence-corrected chi connectivity index (χ0v) is 31.0. The van der Waals surface area contributed by atoms with Crippen molar-refractivity contribution in [3.05, 3.63) is 42.4 Å². The molecule has 3 saturated heterocycles. The summed E-state index contributed by atoms with van der Waals surface area (Å²) in [6.45, 7) is 10.6. The molecule has 14 heteroatoms. The Bertz CT molecular complexity index is 1700. The number of carbonyl (C=O) groups excluding carboxylic acids is 6. The first-order valence-electron chi connectivity index (χ1n) is 18.7. The van der Waals surface area contributed by atoms with Gasteiger partial charge in [-0.25, -0.2) is 4.98 Å². The first kappa shape index (κ1) is 38.3. The molecule has 9 atom stereocenters. The molecule has 2 bridgehead atoms. The molecule has 4 heterocycles. The van der Waals surface area contributed by atoms with Crippen molar-refractivity contribution >= 4 is 35.2 Å². The lowest BCUT2D eigenvalue weighted by molar-refractivity contribution is -0.167. The highest BCUT2D eigenvalue weighted by molar-refractivity contribution is 6.44. The third kappa shape index (κ3) is 8.54. The molecule has 14 nitrogen and oxygen atoms in total. The van der Waals surface area contributed by atoms with Gasteiger partial charge < -0.3 is 35.2 Å². The summed E-state index contributed by atoms with van der Waals surface area (Å²) in [6, 6.07) is 5.44. The molecule has 4 amide bonds. The van der Waals surface area contributed by atoms with E-state index in [-0.39, 0.29) is 60.5 Å². The summed E-state index contributed by atoms with van der Waals surface area (Å²) < 4.78 is 17.3. The highest BCUT2D eigenvalue weighted by Gasteiger charge is 2.57. The van der Waals surface area contributed by atoms with Crippen LogP contribution in [0.25, 0.3) is 11.3 Å². The number of aromatic nitrogens is 1. The van der Waals surface area contributed by atoms with Crippen LogP contribution >= 0.6 is 0 Å². The molecular formula is C39H51N5O9. The lowest BCUT2D eigenvalue weighted by Crippen LogP contribution is -2.60. The summed E-state index contributed by atoms with van der Waals surface area (Å²) in [5, 5.41) is 11.3. The van der Waals surface area contributed by atoms with Crippen LogP contribution in [0.3, 0.4) is 0 Å². The van der Waals surface area contributed by atoms with E-state index in [9.17, 15) is 28.8 Å². The number of ether oxygens (including phenoxy) is 2. The Labute approximate surface area is 309 Å². The molecule has 0 spiro atoms. The number of benzene rings is 1. The van der Waals surface area contributed by atoms with Gasteiger partial charge in [0.1, 0.15) is 12.1 Å². The second-order valence-electron chi connectivity index (χ2n) is 16.4. The Hall–Kier alpha value is -4.43. The molecule has 5 unspecified atom stereocenters. The first-order valence-corrected chi connectivity index (χ1v) is 18.7. The number of amides is 4. The molecule has 1 aliphatic carbocycles. The van der Waals surface area contributed by atoms with Gasteiger partial charge in [0.2, 0.25) is 29.4 Å². The molecule has 1 aromatic carbocycles. The Morgan fingerprint density at radius 3 is 2.36 bits per heavy atom. The zero-order valence-electron chi connectivity index (χ0n) is 31.0. The number of piperidine rings is 1. The normalized spacial score (nSPS) is 26.6. The SMILES string of the molecule is CC(C)C[C@H](NC(=O)[C@@H](NC(=O)C1C2CO[C@@H]3OC[C@@H]1C3C2)C(C)(C)C)C(=O)NC(CC1CCCNC1=O)C(=O)C(=O)c1ncc(-c2ccccc2)o1. The van der Waals surface area contributed by atoms with Crippen molar-refractivity contribution < 1.29 is 42.7 Å². The zero-order chi connectivity index (χ0) is 38.0. The molecule has 286 valence electrons. The van der Waals surface area contributed by atoms with E-state index in [4.69, 9.17) is 13.9 Å². The molecule has 2 aromatic rings. The predicted octanol–water partition coefficient (Wildman–Crippen LogP) is 2.81. The number of carbonyl (C=O) groups is 6. The number of nitrogens with one attached hydrogen (secondary N) is 4. The maximum absolute atomic E-state index is 14.1. The van der Waals surface area contributed by atoms with Crippen molar-refractivity contribution in [3.63, 3.8) is 0 Å². The van der Waals surface area contributed by atoms with Crippen molar-refractivity contribution in [2.45, 2.75) is 91.1 Å². The predicted molar refractivity (Wildman–Crippen MR) is 191 cm³/mol. The maximum atomic E-state index is 14.1. The lowest BCUT2D eigenvalue weighted by atomic mass is 9.83. The Morgan fingerprint density at radius 1 is 0.943 bits per heavy atom. The van der Waals surface area contributed by atoms with Gasteiger partial charge in [0.15, 0.2) is 12.1 Å². The molecule has 4 aliphatic rings. The van der Waals surface area contributed by atoms with Gasteiger partial charge in [-0.1, -0.05) is 65.0 Å². The van der Waals surface area contributed by atoms with Gasteiger partial charge in [0.05, 0.1) is 25.5 Å². The van der Waals surface area contributed by atoms with Crippen LogP contribution in [0.4, 0.5) is 0 Å². The third-order valence-electron chi connectivity index (χ3n) is 11.0. The van der Waals surface area contributed by atoms with E-state index in [1.54, 1.807) is 24.3 Å². The van der Waals surface area contributed by atoms with E-state index in [0.717, 1.165) is 6.42 Å². The van der Waals surface area contributed by atoms with Gasteiger partial charge in [-0.2, -0.15) is 0 Å². The largest absolute Gasteiger partial charge is 0.433 e. The van der Waals surface area contributed by atoms with Crippen molar-refractivity contribution in [2.75, 3.05) is 19.8 Å². The van der Waals surface area contributed by atoms with Gasteiger partial charge >= 0.3 is 0 Å². The van der Waals surface area contributed by atoms with Crippen molar-refractivity contribution in [1.29, 1.82) is 0 Å². The second kappa shape index (κ2) is 15.9. The van der Waals surface area contributed by atoms with Gasteiger partial charge in [-0.15, -0.1) is 0 Å². The fourth-order valence-corrected chi connectivity index (χ4v) is 8.23. The molecule has 0 radical (unpaired) electrons. The summed E-state index contributed by atoms with van der Waals surface area (Å²) in [7, 11) is 0. The van der Waals surface area contributed by atoms with Crippen molar-refractivity contribution in [2.24, 2.45) is 40.9 Å². The first-order chi connectivity index (χ1) is 25.2. The number of nitrogens with zero attached hydrogens (tertiary/aromatic N) is 1. The topological polar surface area (TPSA) is 195 Å². The monoisotopic (exact) mass is 733 g/mol.